The van der Waals surface area contributed by atoms with Gasteiger partial charge in [0.05, 0.1) is 19.8 Å². The summed E-state index contributed by atoms with van der Waals surface area (Å²) in [5.74, 6) is 0.875. The predicted molar refractivity (Wildman–Crippen MR) is 84.0 cm³/mol. The van der Waals surface area contributed by atoms with Crippen LogP contribution < -0.4 is 10.1 Å². The zero-order valence-electron chi connectivity index (χ0n) is 12.9. The van der Waals surface area contributed by atoms with Crippen molar-refractivity contribution in [2.24, 2.45) is 0 Å². The number of ether oxygens (including phenoxy) is 2. The number of aliphatic hydroxyl groups excluding tert-OH is 1. The minimum absolute atomic E-state index is 0.391. The van der Waals surface area contributed by atoms with E-state index in [4.69, 9.17) is 9.47 Å². The molecule has 0 amide bonds. The highest BCUT2D eigenvalue weighted by atomic mass is 16.5. The van der Waals surface area contributed by atoms with Crippen LogP contribution in [0.15, 0.2) is 24.3 Å². The molecule has 0 unspecified atom stereocenters. The van der Waals surface area contributed by atoms with Crippen LogP contribution in [0.25, 0.3) is 0 Å². The second-order valence-electron chi connectivity index (χ2n) is 5.56. The third-order valence-corrected chi connectivity index (χ3v) is 3.86. The van der Waals surface area contributed by atoms with Gasteiger partial charge in [-0.3, -0.25) is 0 Å². The third-order valence-electron chi connectivity index (χ3n) is 3.86. The van der Waals surface area contributed by atoms with E-state index in [9.17, 15) is 5.11 Å². The molecule has 1 aromatic rings. The van der Waals surface area contributed by atoms with Gasteiger partial charge in [-0.05, 0) is 25.0 Å². The number of hydrogen-bond donors (Lipinski definition) is 2. The van der Waals surface area contributed by atoms with Crippen molar-refractivity contribution < 1.29 is 14.6 Å². The molecule has 1 aliphatic heterocycles. The molecule has 0 spiro atoms. The molecule has 0 bridgehead atoms. The second kappa shape index (κ2) is 8.22. The maximum Gasteiger partial charge on any atom is 0.120 e. The number of nitrogens with zero attached hydrogens (tertiary/aromatic N) is 1. The molecule has 1 atom stereocenters. The molecule has 5 heteroatoms. The van der Waals surface area contributed by atoms with Crippen molar-refractivity contribution in [3.8, 4) is 5.75 Å². The van der Waals surface area contributed by atoms with E-state index < -0.39 is 6.10 Å². The summed E-state index contributed by atoms with van der Waals surface area (Å²) in [6.45, 7) is 3.10. The fourth-order valence-corrected chi connectivity index (χ4v) is 2.75. The first-order valence-corrected chi connectivity index (χ1v) is 7.51. The molecule has 1 saturated heterocycles. The second-order valence-corrected chi connectivity index (χ2v) is 5.56. The van der Waals surface area contributed by atoms with Gasteiger partial charge >= 0.3 is 0 Å². The summed E-state index contributed by atoms with van der Waals surface area (Å²) in [4.78, 5) is 2.30. The maximum absolute atomic E-state index is 9.76. The van der Waals surface area contributed by atoms with Crippen LogP contribution in [0.4, 0.5) is 5.69 Å². The Morgan fingerprint density at radius 1 is 1.33 bits per heavy atom. The van der Waals surface area contributed by atoms with Crippen LogP contribution in [-0.4, -0.2) is 62.6 Å². The fraction of sp³-hybridized carbons (Fsp3) is 0.625. The van der Waals surface area contributed by atoms with E-state index in [0.717, 1.165) is 37.4 Å². The van der Waals surface area contributed by atoms with Gasteiger partial charge in [0.25, 0.3) is 0 Å². The zero-order chi connectivity index (χ0) is 15.1. The van der Waals surface area contributed by atoms with Crippen molar-refractivity contribution >= 4 is 5.69 Å². The van der Waals surface area contributed by atoms with Crippen molar-refractivity contribution in [1.29, 1.82) is 0 Å². The summed E-state index contributed by atoms with van der Waals surface area (Å²) < 4.78 is 10.2. The van der Waals surface area contributed by atoms with Crippen LogP contribution in [0.2, 0.25) is 0 Å². The van der Waals surface area contributed by atoms with Gasteiger partial charge in [0.15, 0.2) is 0 Å². The molecule has 0 radical (unpaired) electrons. The van der Waals surface area contributed by atoms with E-state index in [-0.39, 0.29) is 0 Å². The average Bonchev–Trinajstić information content (AvgIpc) is 2.50. The Labute approximate surface area is 126 Å². The third kappa shape index (κ3) is 5.19. The number of benzene rings is 1. The number of likely N-dealkylation sites (tertiary alicyclic amines) is 1. The Bertz CT molecular complexity index is 420. The van der Waals surface area contributed by atoms with Gasteiger partial charge in [-0.1, -0.05) is 6.07 Å². The molecule has 2 N–H and O–H groups in total. The molecule has 1 aliphatic rings. The van der Waals surface area contributed by atoms with Gasteiger partial charge in [0.1, 0.15) is 5.75 Å². The van der Waals surface area contributed by atoms with E-state index in [2.05, 4.69) is 16.3 Å². The monoisotopic (exact) mass is 294 g/mol. The van der Waals surface area contributed by atoms with Gasteiger partial charge in [-0.15, -0.1) is 0 Å². The van der Waals surface area contributed by atoms with Gasteiger partial charge in [-0.2, -0.15) is 0 Å². The molecule has 2 rings (SSSR count). The van der Waals surface area contributed by atoms with Crippen LogP contribution >= 0.6 is 0 Å². The van der Waals surface area contributed by atoms with Crippen LogP contribution in [0.1, 0.15) is 12.8 Å². The first-order valence-electron chi connectivity index (χ1n) is 7.51. The molecule has 0 aliphatic carbocycles. The van der Waals surface area contributed by atoms with Gasteiger partial charge in [0.2, 0.25) is 0 Å². The molecule has 5 nitrogen and oxygen atoms in total. The van der Waals surface area contributed by atoms with Crippen molar-refractivity contribution in [2.45, 2.75) is 25.0 Å². The summed E-state index contributed by atoms with van der Waals surface area (Å²) in [5.41, 5.74) is 1.10. The normalized spacial score (nSPS) is 18.4. The van der Waals surface area contributed by atoms with Crippen molar-refractivity contribution in [1.82, 2.24) is 4.90 Å². The Morgan fingerprint density at radius 3 is 2.76 bits per heavy atom. The molecule has 21 heavy (non-hydrogen) atoms. The lowest BCUT2D eigenvalue weighted by Gasteiger charge is -2.33. The summed E-state index contributed by atoms with van der Waals surface area (Å²) in [7, 11) is 3.30. The van der Waals surface area contributed by atoms with Crippen LogP contribution in [0.3, 0.4) is 0 Å². The lowest BCUT2D eigenvalue weighted by molar-refractivity contribution is 0.0327. The molecule has 0 aromatic heterocycles. The van der Waals surface area contributed by atoms with E-state index in [1.54, 1.807) is 14.2 Å². The van der Waals surface area contributed by atoms with Gasteiger partial charge in [0, 0.05) is 44.5 Å². The van der Waals surface area contributed by atoms with Crippen LogP contribution in [0, 0.1) is 0 Å². The van der Waals surface area contributed by atoms with E-state index in [1.165, 1.54) is 0 Å². The maximum atomic E-state index is 9.76. The molecule has 1 aromatic carbocycles. The summed E-state index contributed by atoms with van der Waals surface area (Å²) in [6.07, 6.45) is 1.77. The molecular weight excluding hydrogens is 268 g/mol. The summed E-state index contributed by atoms with van der Waals surface area (Å²) in [6, 6.07) is 8.52. The highest BCUT2D eigenvalue weighted by molar-refractivity contribution is 5.48. The number of nitrogens with one attached hydrogen (secondary N) is 1. The zero-order valence-corrected chi connectivity index (χ0v) is 12.9. The fourth-order valence-electron chi connectivity index (χ4n) is 2.75. The minimum Gasteiger partial charge on any atom is -0.497 e. The highest BCUT2D eigenvalue weighted by Gasteiger charge is 2.20. The number of β-amino-alcohol motifs (C(OH)–C–C–N with tert-alkyl or cyclic N) is 1. The summed E-state index contributed by atoms with van der Waals surface area (Å²) >= 11 is 0. The SMILES string of the molecule is COC[C@@H](O)CN1CCC(Nc2cccc(OC)c2)CC1. The number of piperidine rings is 1. The lowest BCUT2D eigenvalue weighted by atomic mass is 10.0. The molecular formula is C16H26N2O3. The Balaban J connectivity index is 1.76. The number of methoxy groups -OCH3 is 2. The number of hydrogen-bond acceptors (Lipinski definition) is 5. The Morgan fingerprint density at radius 2 is 2.10 bits per heavy atom. The number of rotatable bonds is 7. The summed E-state index contributed by atoms with van der Waals surface area (Å²) in [5, 5.41) is 13.3. The topological polar surface area (TPSA) is 54.0 Å². The number of aliphatic hydroxyl groups is 1. The van der Waals surface area contributed by atoms with Gasteiger partial charge < -0.3 is 24.8 Å². The van der Waals surface area contributed by atoms with Gasteiger partial charge in [-0.25, -0.2) is 0 Å². The Hall–Kier alpha value is -1.30. The standard InChI is InChI=1S/C16H26N2O3/c1-20-12-15(19)11-18-8-6-13(7-9-18)17-14-4-3-5-16(10-14)21-2/h3-5,10,13,15,17,19H,6-9,11-12H2,1-2H3/t15-/m0/s1. The van der Waals surface area contributed by atoms with Crippen molar-refractivity contribution in [2.75, 3.05) is 45.8 Å². The van der Waals surface area contributed by atoms with Crippen LogP contribution in [-0.2, 0) is 4.74 Å². The van der Waals surface area contributed by atoms with Crippen molar-refractivity contribution in [3.63, 3.8) is 0 Å². The molecule has 1 heterocycles. The number of anilines is 1. The highest BCUT2D eigenvalue weighted by Crippen LogP contribution is 2.20. The van der Waals surface area contributed by atoms with E-state index >= 15 is 0 Å². The Kier molecular flexibility index (Phi) is 6.29. The van der Waals surface area contributed by atoms with E-state index in [1.807, 2.05) is 18.2 Å². The average molecular weight is 294 g/mol. The van der Waals surface area contributed by atoms with E-state index in [0.29, 0.717) is 19.2 Å². The predicted octanol–water partition coefficient (Wildman–Crippen LogP) is 1.58. The van der Waals surface area contributed by atoms with Crippen molar-refractivity contribution in [3.05, 3.63) is 24.3 Å². The minimum atomic E-state index is -0.391. The first-order chi connectivity index (χ1) is 10.2. The molecule has 118 valence electrons. The quantitative estimate of drug-likeness (QED) is 0.799. The largest absolute Gasteiger partial charge is 0.497 e. The van der Waals surface area contributed by atoms with Crippen LogP contribution in [0.5, 0.6) is 5.75 Å². The lowest BCUT2D eigenvalue weighted by Crippen LogP contribution is -2.43. The molecule has 1 fully saturated rings. The molecule has 0 saturated carbocycles. The smallest absolute Gasteiger partial charge is 0.120 e. The first kappa shape index (κ1) is 16.1.